The van der Waals surface area contributed by atoms with Gasteiger partial charge in [0.25, 0.3) is 0 Å². The van der Waals surface area contributed by atoms with E-state index in [-0.39, 0.29) is 5.91 Å². The number of primary amides is 1. The highest BCUT2D eigenvalue weighted by Gasteiger charge is 2.25. The van der Waals surface area contributed by atoms with Gasteiger partial charge >= 0.3 is 0 Å². The summed E-state index contributed by atoms with van der Waals surface area (Å²) >= 11 is 0. The van der Waals surface area contributed by atoms with Gasteiger partial charge in [0.05, 0.1) is 11.9 Å². The van der Waals surface area contributed by atoms with E-state index >= 15 is 0 Å². The van der Waals surface area contributed by atoms with Gasteiger partial charge in [0.1, 0.15) is 0 Å². The van der Waals surface area contributed by atoms with Crippen molar-refractivity contribution < 1.29 is 9.59 Å². The topological polar surface area (TPSA) is 79.5 Å². The number of carbonyl (C=O) groups excluding carboxylic acids is 2. The Labute approximate surface area is 164 Å². The van der Waals surface area contributed by atoms with Crippen molar-refractivity contribution in [1.82, 2.24) is 9.88 Å². The van der Waals surface area contributed by atoms with Gasteiger partial charge in [0, 0.05) is 35.9 Å². The first-order chi connectivity index (χ1) is 13.5. The molecule has 0 radical (unpaired) electrons. The number of rotatable bonds is 4. The maximum Gasteiger partial charge on any atom is 0.249 e. The molecular weight excluding hydrogens is 352 g/mol. The van der Waals surface area contributed by atoms with Crippen LogP contribution in [0.2, 0.25) is 0 Å². The number of hydrogen-bond acceptors (Lipinski definition) is 4. The second-order valence-electron chi connectivity index (χ2n) is 6.89. The van der Waals surface area contributed by atoms with Crippen LogP contribution in [0.1, 0.15) is 15.9 Å². The molecule has 2 amide bonds. The molecule has 144 valence electrons. The summed E-state index contributed by atoms with van der Waals surface area (Å²) < 4.78 is 0. The van der Waals surface area contributed by atoms with Crippen molar-refractivity contribution in [2.24, 2.45) is 5.73 Å². The van der Waals surface area contributed by atoms with E-state index in [2.05, 4.69) is 9.88 Å². The number of aromatic nitrogens is 1. The molecule has 0 saturated carbocycles. The third-order valence-electron chi connectivity index (χ3n) is 4.61. The number of carbonyl (C=O) groups is 2. The van der Waals surface area contributed by atoms with Gasteiger partial charge in [-0.05, 0) is 43.9 Å². The van der Waals surface area contributed by atoms with E-state index in [1.165, 1.54) is 0 Å². The molecule has 1 aliphatic heterocycles. The molecule has 2 aromatic carbocycles. The first-order valence-corrected chi connectivity index (χ1v) is 9.14. The van der Waals surface area contributed by atoms with Gasteiger partial charge in [-0.25, -0.2) is 0 Å². The van der Waals surface area contributed by atoms with Crippen molar-refractivity contribution in [2.75, 3.05) is 32.1 Å². The largest absolute Gasteiger partial charge is 0.366 e. The molecule has 4 rings (SSSR count). The zero-order valence-electron chi connectivity index (χ0n) is 16.1. The first-order valence-electron chi connectivity index (χ1n) is 9.14. The minimum absolute atomic E-state index is 0.220. The number of fused-ring (bicyclic) bond motifs is 2. The average Bonchev–Trinajstić information content (AvgIpc) is 3.01. The molecule has 2 N–H and O–H groups in total. The lowest BCUT2D eigenvalue weighted by atomic mass is 10.1. The second kappa shape index (κ2) is 8.63. The Morgan fingerprint density at radius 2 is 1.89 bits per heavy atom. The number of amides is 2. The Balaban J connectivity index is 0.000000162. The highest BCUT2D eigenvalue weighted by Crippen LogP contribution is 2.27. The highest BCUT2D eigenvalue weighted by molar-refractivity contribution is 6.05. The van der Waals surface area contributed by atoms with Gasteiger partial charge in [-0.15, -0.1) is 0 Å². The average molecular weight is 376 g/mol. The predicted octanol–water partition coefficient (Wildman–Crippen LogP) is 2.47. The fourth-order valence-electron chi connectivity index (χ4n) is 3.18. The van der Waals surface area contributed by atoms with Crippen molar-refractivity contribution in [3.05, 3.63) is 71.9 Å². The molecule has 1 aromatic heterocycles. The minimum atomic E-state index is -0.418. The summed E-state index contributed by atoms with van der Waals surface area (Å²) in [5, 5.41) is 0.803. The van der Waals surface area contributed by atoms with E-state index in [9.17, 15) is 9.59 Å². The number of likely N-dealkylation sites (N-methyl/N-ethyl adjacent to an activating group) is 1. The predicted molar refractivity (Wildman–Crippen MR) is 111 cm³/mol. The summed E-state index contributed by atoms with van der Waals surface area (Å²) in [5.74, 6) is -0.198. The molecule has 6 heteroatoms. The molecule has 0 bridgehead atoms. The molecule has 0 atom stereocenters. The van der Waals surface area contributed by atoms with Gasteiger partial charge in [-0.2, -0.15) is 0 Å². The zero-order valence-corrected chi connectivity index (χ0v) is 16.1. The van der Waals surface area contributed by atoms with Crippen LogP contribution in [0.4, 0.5) is 5.69 Å². The summed E-state index contributed by atoms with van der Waals surface area (Å²) in [6.07, 6.45) is 2.25. The van der Waals surface area contributed by atoms with E-state index in [0.29, 0.717) is 12.0 Å². The summed E-state index contributed by atoms with van der Waals surface area (Å²) in [6.45, 7) is 1.68. The second-order valence-corrected chi connectivity index (χ2v) is 6.89. The molecule has 28 heavy (non-hydrogen) atoms. The van der Waals surface area contributed by atoms with Gasteiger partial charge in [0.2, 0.25) is 11.8 Å². The zero-order chi connectivity index (χ0) is 20.1. The van der Waals surface area contributed by atoms with Gasteiger partial charge in [0.15, 0.2) is 0 Å². The van der Waals surface area contributed by atoms with Crippen LogP contribution in [0, 0.1) is 0 Å². The Bertz CT molecular complexity index is 995. The molecule has 2 heterocycles. The Morgan fingerprint density at radius 1 is 1.11 bits per heavy atom. The molecule has 0 spiro atoms. The van der Waals surface area contributed by atoms with Crippen LogP contribution in [0.15, 0.2) is 60.8 Å². The number of benzene rings is 2. The molecule has 0 aliphatic carbocycles. The number of pyridine rings is 1. The molecular formula is C22H24N4O2. The van der Waals surface area contributed by atoms with Crippen molar-refractivity contribution in [2.45, 2.75) is 6.42 Å². The summed E-state index contributed by atoms with van der Waals surface area (Å²) in [6, 6.07) is 17.0. The summed E-state index contributed by atoms with van der Waals surface area (Å²) in [5.41, 5.74) is 8.76. The quantitative estimate of drug-likeness (QED) is 0.759. The molecule has 1 aliphatic rings. The van der Waals surface area contributed by atoms with Crippen LogP contribution < -0.4 is 10.6 Å². The third-order valence-corrected chi connectivity index (χ3v) is 4.61. The lowest BCUT2D eigenvalue weighted by Gasteiger charge is -2.19. The third kappa shape index (κ3) is 4.35. The maximum absolute atomic E-state index is 11.8. The fraction of sp³-hybridized carbons (Fsp3) is 0.227. The van der Waals surface area contributed by atoms with Crippen molar-refractivity contribution in [3.63, 3.8) is 0 Å². The highest BCUT2D eigenvalue weighted by atomic mass is 16.2. The van der Waals surface area contributed by atoms with Crippen LogP contribution in [0.3, 0.4) is 0 Å². The summed E-state index contributed by atoms with van der Waals surface area (Å²) in [4.78, 5) is 30.9. The van der Waals surface area contributed by atoms with Crippen molar-refractivity contribution in [3.8, 4) is 0 Å². The van der Waals surface area contributed by atoms with Crippen LogP contribution in [-0.2, 0) is 11.2 Å². The van der Waals surface area contributed by atoms with Crippen molar-refractivity contribution in [1.29, 1.82) is 0 Å². The van der Waals surface area contributed by atoms with E-state index in [1.807, 2.05) is 55.4 Å². The van der Waals surface area contributed by atoms with Crippen LogP contribution in [0.5, 0.6) is 0 Å². The standard InChI is InChI=1S/C12H16N2O.C10H8N2O/c1-13(2)7-8-14-11-6-4-3-5-10(11)9-12(14)15;11-10(13)8-3-1-5-9-7(8)4-2-6-12-9/h3-6H,7-9H2,1-2H3;1-6H,(H2,11,13). The lowest BCUT2D eigenvalue weighted by molar-refractivity contribution is -0.117. The van der Waals surface area contributed by atoms with Gasteiger partial charge in [-0.3, -0.25) is 14.6 Å². The monoisotopic (exact) mass is 376 g/mol. The molecule has 0 fully saturated rings. The van der Waals surface area contributed by atoms with Gasteiger partial charge < -0.3 is 15.5 Å². The van der Waals surface area contributed by atoms with Crippen LogP contribution in [-0.4, -0.2) is 48.9 Å². The lowest BCUT2D eigenvalue weighted by Crippen LogP contribution is -2.33. The summed E-state index contributed by atoms with van der Waals surface area (Å²) in [7, 11) is 4.04. The van der Waals surface area contributed by atoms with E-state index < -0.39 is 5.91 Å². The van der Waals surface area contributed by atoms with Gasteiger partial charge in [-0.1, -0.05) is 30.3 Å². The SMILES string of the molecule is CN(C)CCN1C(=O)Cc2ccccc21.NC(=O)c1cccc2ncccc12. The molecule has 3 aromatic rings. The number of hydrogen-bond donors (Lipinski definition) is 1. The molecule has 0 saturated heterocycles. The number of para-hydroxylation sites is 1. The number of nitrogens with two attached hydrogens (primary N) is 1. The maximum atomic E-state index is 11.8. The smallest absolute Gasteiger partial charge is 0.249 e. The minimum Gasteiger partial charge on any atom is -0.366 e. The number of nitrogens with zero attached hydrogens (tertiary/aromatic N) is 3. The van der Waals surface area contributed by atoms with E-state index in [4.69, 9.17) is 5.73 Å². The first kappa shape index (κ1) is 19.5. The number of anilines is 1. The van der Waals surface area contributed by atoms with E-state index in [1.54, 1.807) is 24.4 Å². The fourth-order valence-corrected chi connectivity index (χ4v) is 3.18. The molecule has 0 unspecified atom stereocenters. The normalized spacial score (nSPS) is 12.7. The Morgan fingerprint density at radius 3 is 2.64 bits per heavy atom. The van der Waals surface area contributed by atoms with Crippen molar-refractivity contribution >= 4 is 28.4 Å². The Kier molecular flexibility index (Phi) is 6.01. The Hall–Kier alpha value is -3.25. The van der Waals surface area contributed by atoms with Crippen LogP contribution >= 0.6 is 0 Å². The van der Waals surface area contributed by atoms with Crippen LogP contribution in [0.25, 0.3) is 10.9 Å². The van der Waals surface area contributed by atoms with E-state index in [0.717, 1.165) is 35.2 Å². The molecule has 6 nitrogen and oxygen atoms in total.